The number of hydrogen-bond acceptors (Lipinski definition) is 4. The van der Waals surface area contributed by atoms with Crippen LogP contribution in [0.3, 0.4) is 0 Å². The van der Waals surface area contributed by atoms with Crippen LogP contribution in [0, 0.1) is 11.7 Å². The number of carbonyl (C=O) groups excluding carboxylic acids is 1. The van der Waals surface area contributed by atoms with E-state index >= 15 is 0 Å². The van der Waals surface area contributed by atoms with E-state index in [9.17, 15) is 18.0 Å². The summed E-state index contributed by atoms with van der Waals surface area (Å²) in [7, 11) is 0. The molecule has 0 unspecified atom stereocenters. The first kappa shape index (κ1) is 20.4. The molecule has 0 bridgehead atoms. The third-order valence-electron chi connectivity index (χ3n) is 5.59. The number of nitrogens with one attached hydrogen (secondary N) is 1. The standard InChI is InChI=1S/C22H22F3N3O2/c23-16-3-6-19-18(11-16)27-21(26-17-4-1-15(2-5-17)20(30)13-29)28(19)12-14-7-9-22(24,25)10-8-14/h1-6,11,14,29H,7-10,12-13H2,(H,26,27). The van der Waals surface area contributed by atoms with E-state index in [0.717, 1.165) is 5.52 Å². The fourth-order valence-electron chi connectivity index (χ4n) is 3.88. The summed E-state index contributed by atoms with van der Waals surface area (Å²) in [5.74, 6) is -2.81. The Balaban J connectivity index is 1.62. The summed E-state index contributed by atoms with van der Waals surface area (Å²) in [5.41, 5.74) is 2.26. The highest BCUT2D eigenvalue weighted by molar-refractivity contribution is 5.97. The number of aliphatic hydroxyl groups excluding tert-OH is 1. The molecule has 0 saturated heterocycles. The van der Waals surface area contributed by atoms with Gasteiger partial charge in [-0.2, -0.15) is 0 Å². The van der Waals surface area contributed by atoms with Gasteiger partial charge in [-0.1, -0.05) is 0 Å². The van der Waals surface area contributed by atoms with Crippen molar-refractivity contribution in [2.24, 2.45) is 5.92 Å². The molecular formula is C22H22F3N3O2. The molecular weight excluding hydrogens is 395 g/mol. The Bertz CT molecular complexity index is 1050. The molecule has 0 amide bonds. The van der Waals surface area contributed by atoms with E-state index in [-0.39, 0.29) is 24.5 Å². The topological polar surface area (TPSA) is 67.2 Å². The molecule has 2 aromatic carbocycles. The lowest BCUT2D eigenvalue weighted by molar-refractivity contribution is -0.0471. The van der Waals surface area contributed by atoms with Crippen LogP contribution in [0.15, 0.2) is 42.5 Å². The lowest BCUT2D eigenvalue weighted by Crippen LogP contribution is -2.27. The van der Waals surface area contributed by atoms with Crippen molar-refractivity contribution in [2.45, 2.75) is 38.2 Å². The zero-order chi connectivity index (χ0) is 21.3. The van der Waals surface area contributed by atoms with Gasteiger partial charge in [0.1, 0.15) is 12.4 Å². The van der Waals surface area contributed by atoms with E-state index in [4.69, 9.17) is 5.11 Å². The number of aliphatic hydroxyl groups is 1. The normalized spacial score (nSPS) is 16.7. The van der Waals surface area contributed by atoms with Crippen molar-refractivity contribution in [1.29, 1.82) is 0 Å². The number of alkyl halides is 2. The predicted octanol–water partition coefficient (Wildman–Crippen LogP) is 4.92. The Morgan fingerprint density at radius 1 is 1.17 bits per heavy atom. The van der Waals surface area contributed by atoms with Gasteiger partial charge in [0.05, 0.1) is 11.0 Å². The van der Waals surface area contributed by atoms with Crippen molar-refractivity contribution < 1.29 is 23.1 Å². The maximum absolute atomic E-state index is 13.7. The smallest absolute Gasteiger partial charge is 0.248 e. The van der Waals surface area contributed by atoms with E-state index in [1.54, 1.807) is 30.3 Å². The molecule has 3 aromatic rings. The number of imidazole rings is 1. The highest BCUT2D eigenvalue weighted by Gasteiger charge is 2.35. The van der Waals surface area contributed by atoms with Gasteiger partial charge in [-0.3, -0.25) is 4.79 Å². The predicted molar refractivity (Wildman–Crippen MR) is 108 cm³/mol. The minimum absolute atomic E-state index is 0.0807. The molecule has 0 spiro atoms. The van der Waals surface area contributed by atoms with Gasteiger partial charge in [-0.15, -0.1) is 0 Å². The monoisotopic (exact) mass is 417 g/mol. The number of carbonyl (C=O) groups is 1. The minimum atomic E-state index is -2.59. The molecule has 0 radical (unpaired) electrons. The summed E-state index contributed by atoms with van der Waals surface area (Å²) >= 11 is 0. The van der Waals surface area contributed by atoms with Gasteiger partial charge in [-0.25, -0.2) is 18.2 Å². The molecule has 158 valence electrons. The second-order valence-electron chi connectivity index (χ2n) is 7.76. The summed E-state index contributed by atoms with van der Waals surface area (Å²) in [6.07, 6.45) is 0.598. The molecule has 0 atom stereocenters. The van der Waals surface area contributed by atoms with Crippen molar-refractivity contribution in [3.05, 3.63) is 53.8 Å². The summed E-state index contributed by atoms with van der Waals surface area (Å²) in [6, 6.07) is 10.9. The molecule has 4 rings (SSSR count). The average molecular weight is 417 g/mol. The van der Waals surface area contributed by atoms with Crippen LogP contribution in [0.1, 0.15) is 36.0 Å². The highest BCUT2D eigenvalue weighted by atomic mass is 19.3. The van der Waals surface area contributed by atoms with E-state index in [2.05, 4.69) is 10.3 Å². The Morgan fingerprint density at radius 2 is 1.87 bits per heavy atom. The van der Waals surface area contributed by atoms with Crippen LogP contribution < -0.4 is 5.32 Å². The fourth-order valence-corrected chi connectivity index (χ4v) is 3.88. The first-order valence-corrected chi connectivity index (χ1v) is 9.89. The van der Waals surface area contributed by atoms with Gasteiger partial charge >= 0.3 is 0 Å². The minimum Gasteiger partial charge on any atom is -0.388 e. The van der Waals surface area contributed by atoms with Crippen molar-refractivity contribution in [3.8, 4) is 0 Å². The van der Waals surface area contributed by atoms with Crippen molar-refractivity contribution in [1.82, 2.24) is 9.55 Å². The number of halogens is 3. The third kappa shape index (κ3) is 4.33. The maximum atomic E-state index is 13.7. The number of benzene rings is 2. The Kier molecular flexibility index (Phi) is 5.51. The van der Waals surface area contributed by atoms with Gasteiger partial charge in [0.2, 0.25) is 11.9 Å². The van der Waals surface area contributed by atoms with Crippen molar-refractivity contribution >= 4 is 28.5 Å². The van der Waals surface area contributed by atoms with E-state index in [0.29, 0.717) is 42.1 Å². The van der Waals surface area contributed by atoms with Crippen LogP contribution in [0.2, 0.25) is 0 Å². The number of hydrogen-bond donors (Lipinski definition) is 2. The second-order valence-corrected chi connectivity index (χ2v) is 7.76. The molecule has 8 heteroatoms. The number of Topliss-reactive ketones (excluding diaryl/α,β-unsaturated/α-hetero) is 1. The summed E-state index contributed by atoms with van der Waals surface area (Å²) in [6.45, 7) is -0.0593. The lowest BCUT2D eigenvalue weighted by atomic mass is 9.86. The maximum Gasteiger partial charge on any atom is 0.248 e. The summed E-state index contributed by atoms with van der Waals surface area (Å²) < 4.78 is 42.6. The molecule has 1 heterocycles. The SMILES string of the molecule is O=C(CO)c1ccc(Nc2nc3cc(F)ccc3n2CC2CCC(F)(F)CC2)cc1. The van der Waals surface area contributed by atoms with Gasteiger partial charge in [-0.05, 0) is 55.2 Å². The third-order valence-corrected chi connectivity index (χ3v) is 5.59. The fraction of sp³-hybridized carbons (Fsp3) is 0.364. The molecule has 0 aliphatic heterocycles. The zero-order valence-electron chi connectivity index (χ0n) is 16.2. The van der Waals surface area contributed by atoms with Crippen LogP contribution in [0.5, 0.6) is 0 Å². The Hall–Kier alpha value is -2.87. The summed E-state index contributed by atoms with van der Waals surface area (Å²) in [5, 5.41) is 12.1. The zero-order valence-corrected chi connectivity index (χ0v) is 16.2. The van der Waals surface area contributed by atoms with Gasteiger partial charge in [0.15, 0.2) is 5.78 Å². The Labute approximate surface area is 171 Å². The number of nitrogens with zero attached hydrogens (tertiary/aromatic N) is 2. The average Bonchev–Trinajstić information content (AvgIpc) is 3.05. The number of ketones is 1. The van der Waals surface area contributed by atoms with E-state index in [1.807, 2.05) is 4.57 Å². The van der Waals surface area contributed by atoms with Gasteiger partial charge in [0.25, 0.3) is 0 Å². The molecule has 1 aliphatic carbocycles. The van der Waals surface area contributed by atoms with Crippen LogP contribution in [0.25, 0.3) is 11.0 Å². The number of anilines is 2. The van der Waals surface area contributed by atoms with E-state index in [1.165, 1.54) is 12.1 Å². The summed E-state index contributed by atoms with van der Waals surface area (Å²) in [4.78, 5) is 16.1. The van der Waals surface area contributed by atoms with Crippen molar-refractivity contribution in [3.63, 3.8) is 0 Å². The molecule has 30 heavy (non-hydrogen) atoms. The van der Waals surface area contributed by atoms with Crippen LogP contribution >= 0.6 is 0 Å². The van der Waals surface area contributed by atoms with Crippen LogP contribution in [-0.4, -0.2) is 33.0 Å². The van der Waals surface area contributed by atoms with E-state index < -0.39 is 18.3 Å². The Morgan fingerprint density at radius 3 is 2.53 bits per heavy atom. The molecule has 1 saturated carbocycles. The quantitative estimate of drug-likeness (QED) is 0.559. The molecule has 5 nitrogen and oxygen atoms in total. The number of aromatic nitrogens is 2. The highest BCUT2D eigenvalue weighted by Crippen LogP contribution is 2.38. The van der Waals surface area contributed by atoms with Gasteiger partial charge in [0, 0.05) is 36.7 Å². The first-order chi connectivity index (χ1) is 14.3. The number of rotatable bonds is 6. The largest absolute Gasteiger partial charge is 0.388 e. The van der Waals surface area contributed by atoms with Crippen LogP contribution in [0.4, 0.5) is 24.8 Å². The first-order valence-electron chi connectivity index (χ1n) is 9.89. The van der Waals surface area contributed by atoms with Crippen molar-refractivity contribution in [2.75, 3.05) is 11.9 Å². The van der Waals surface area contributed by atoms with Crippen LogP contribution in [-0.2, 0) is 6.54 Å². The molecule has 1 aromatic heterocycles. The molecule has 1 fully saturated rings. The van der Waals surface area contributed by atoms with Gasteiger partial charge < -0.3 is 15.0 Å². The lowest BCUT2D eigenvalue weighted by Gasteiger charge is -2.29. The number of fused-ring (bicyclic) bond motifs is 1. The second kappa shape index (κ2) is 8.10. The molecule has 2 N–H and O–H groups in total. The molecule has 1 aliphatic rings.